The minimum Gasteiger partial charge on any atom is -0.351 e. The first-order chi connectivity index (χ1) is 23.3. The lowest BCUT2D eigenvalue weighted by molar-refractivity contribution is 0.258. The van der Waals surface area contributed by atoms with E-state index in [9.17, 15) is 19.2 Å². The van der Waals surface area contributed by atoms with Crippen LogP contribution in [0.4, 0.5) is 21.5 Å². The van der Waals surface area contributed by atoms with Crippen molar-refractivity contribution in [3.63, 3.8) is 0 Å². The van der Waals surface area contributed by atoms with E-state index in [1.807, 2.05) is 72.8 Å². The zero-order valence-electron chi connectivity index (χ0n) is 25.1. The minimum atomic E-state index is -0.829. The van der Waals surface area contributed by atoms with Gasteiger partial charge < -0.3 is 11.5 Å². The van der Waals surface area contributed by atoms with Crippen molar-refractivity contribution >= 4 is 45.5 Å². The van der Waals surface area contributed by atoms with Crippen molar-refractivity contribution in [3.8, 4) is 33.6 Å². The van der Waals surface area contributed by atoms with Crippen LogP contribution in [0, 0.1) is 0 Å². The largest absolute Gasteiger partial charge is 0.351 e. The summed E-state index contributed by atoms with van der Waals surface area (Å²) in [5, 5.41) is 8.99. The van der Waals surface area contributed by atoms with Crippen molar-refractivity contribution in [1.82, 2.24) is 19.1 Å². The molecule has 0 saturated carbocycles. The molecule has 12 heteroatoms. The average molecular weight is 635 g/mol. The molecule has 0 fully saturated rings. The van der Waals surface area contributed by atoms with Crippen molar-refractivity contribution < 1.29 is 9.59 Å². The predicted molar refractivity (Wildman–Crippen MR) is 186 cm³/mol. The Morgan fingerprint density at radius 2 is 0.833 bits per heavy atom. The highest BCUT2D eigenvalue weighted by atomic mass is 16.2. The van der Waals surface area contributed by atoms with Crippen molar-refractivity contribution in [2.75, 3.05) is 10.6 Å². The predicted octanol–water partition coefficient (Wildman–Crippen LogP) is 5.40. The lowest BCUT2D eigenvalue weighted by Gasteiger charge is -2.19. The molecule has 0 aliphatic carbocycles. The summed E-state index contributed by atoms with van der Waals surface area (Å²) in [4.78, 5) is 54.6. The number of urea groups is 2. The number of nitrogens with two attached hydrogens (primary N) is 2. The SMILES string of the molecule is NC(=O)Nc1nc(=O)ccn1-c1ccc(-c2c3ccccc3c(-c3ccc(-n4ccc(=O)nc4NC(N)=O)cc3)c3ccccc23)cc1. The fraction of sp³-hybridized carbons (Fsp3) is 0. The summed E-state index contributed by atoms with van der Waals surface area (Å²) in [6, 6.07) is 32.8. The number of rotatable bonds is 6. The van der Waals surface area contributed by atoms with E-state index in [1.54, 1.807) is 9.13 Å². The number of carbonyl (C=O) groups excluding carboxylic acids is 2. The van der Waals surface area contributed by atoms with Gasteiger partial charge in [-0.3, -0.25) is 29.4 Å². The Kier molecular flexibility index (Phi) is 7.42. The Balaban J connectivity index is 1.36. The van der Waals surface area contributed by atoms with Gasteiger partial charge in [0, 0.05) is 35.9 Å². The Morgan fingerprint density at radius 3 is 1.15 bits per heavy atom. The molecule has 4 amide bonds. The third-order valence-corrected chi connectivity index (χ3v) is 7.89. The normalized spacial score (nSPS) is 11.0. The Hall–Kier alpha value is -7.08. The zero-order valence-corrected chi connectivity index (χ0v) is 25.1. The molecule has 0 aliphatic heterocycles. The molecule has 0 aliphatic rings. The second-order valence-corrected chi connectivity index (χ2v) is 10.8. The Labute approximate surface area is 271 Å². The van der Waals surface area contributed by atoms with Crippen molar-refractivity contribution in [1.29, 1.82) is 0 Å². The van der Waals surface area contributed by atoms with Crippen LogP contribution in [-0.4, -0.2) is 31.2 Å². The molecule has 0 spiro atoms. The van der Waals surface area contributed by atoms with Gasteiger partial charge in [-0.15, -0.1) is 0 Å². The van der Waals surface area contributed by atoms with Gasteiger partial charge >= 0.3 is 12.1 Å². The Morgan fingerprint density at radius 1 is 0.500 bits per heavy atom. The van der Waals surface area contributed by atoms with Gasteiger partial charge in [0.1, 0.15) is 0 Å². The molecule has 5 aromatic carbocycles. The topological polar surface area (TPSA) is 180 Å². The van der Waals surface area contributed by atoms with Crippen LogP contribution in [-0.2, 0) is 0 Å². The molecule has 234 valence electrons. The van der Waals surface area contributed by atoms with Crippen LogP contribution in [0.1, 0.15) is 0 Å². The van der Waals surface area contributed by atoms with E-state index >= 15 is 0 Å². The molecule has 0 bridgehead atoms. The number of anilines is 2. The number of amides is 4. The molecule has 6 N–H and O–H groups in total. The van der Waals surface area contributed by atoms with E-state index in [4.69, 9.17) is 11.5 Å². The van der Waals surface area contributed by atoms with E-state index in [0.717, 1.165) is 43.8 Å². The quantitative estimate of drug-likeness (QED) is 0.178. The monoisotopic (exact) mass is 634 g/mol. The number of benzene rings is 5. The van der Waals surface area contributed by atoms with E-state index in [2.05, 4.69) is 44.9 Å². The van der Waals surface area contributed by atoms with Gasteiger partial charge in [0.25, 0.3) is 11.1 Å². The summed E-state index contributed by atoms with van der Waals surface area (Å²) in [6.45, 7) is 0. The van der Waals surface area contributed by atoms with Crippen molar-refractivity contribution in [2.24, 2.45) is 11.5 Å². The fourth-order valence-corrected chi connectivity index (χ4v) is 5.95. The number of nitrogens with one attached hydrogen (secondary N) is 2. The fourth-order valence-electron chi connectivity index (χ4n) is 5.95. The molecule has 7 rings (SSSR count). The molecule has 7 aromatic rings. The maximum atomic E-state index is 11.9. The maximum absolute atomic E-state index is 11.9. The van der Waals surface area contributed by atoms with Crippen LogP contribution in [0.3, 0.4) is 0 Å². The molecule has 2 heterocycles. The third-order valence-electron chi connectivity index (χ3n) is 7.89. The van der Waals surface area contributed by atoms with E-state index in [0.29, 0.717) is 11.4 Å². The Bertz CT molecular complexity index is 2270. The molecule has 2 aromatic heterocycles. The summed E-state index contributed by atoms with van der Waals surface area (Å²) in [6.07, 6.45) is 3.06. The van der Waals surface area contributed by atoms with Gasteiger partial charge in [0.15, 0.2) is 0 Å². The van der Waals surface area contributed by atoms with Crippen LogP contribution >= 0.6 is 0 Å². The number of hydrogen-bond donors (Lipinski definition) is 4. The van der Waals surface area contributed by atoms with Crippen LogP contribution in [0.25, 0.3) is 55.2 Å². The lowest BCUT2D eigenvalue weighted by Crippen LogP contribution is -2.25. The van der Waals surface area contributed by atoms with Gasteiger partial charge in [-0.2, -0.15) is 9.97 Å². The molecule has 0 unspecified atom stereocenters. The lowest BCUT2D eigenvalue weighted by atomic mass is 9.86. The van der Waals surface area contributed by atoms with Gasteiger partial charge in [0.2, 0.25) is 11.9 Å². The summed E-state index contributed by atoms with van der Waals surface area (Å²) >= 11 is 0. The number of aromatic nitrogens is 4. The van der Waals surface area contributed by atoms with E-state index in [1.165, 1.54) is 24.5 Å². The standard InChI is InChI=1S/C36H26N8O4/c37-33(47)41-35-39-29(45)17-19-43(35)23-13-9-21(10-14-23)31-25-5-1-2-6-26(25)32(28-8-4-3-7-27(28)31)22-11-15-24(16-12-22)44-20-18-30(46)40-36(44)42-34(38)48/h1-20H,(H3,37,39,41,45,47)(H3,38,40,42,46,48). The third kappa shape index (κ3) is 5.49. The van der Waals surface area contributed by atoms with Crippen molar-refractivity contribution in [3.05, 3.63) is 142 Å². The van der Waals surface area contributed by atoms with E-state index in [-0.39, 0.29) is 11.9 Å². The second-order valence-electron chi connectivity index (χ2n) is 10.8. The van der Waals surface area contributed by atoms with Gasteiger partial charge in [-0.1, -0.05) is 72.8 Å². The van der Waals surface area contributed by atoms with E-state index < -0.39 is 23.2 Å². The molecular weight excluding hydrogens is 608 g/mol. The molecule has 0 atom stereocenters. The molecule has 12 nitrogen and oxygen atoms in total. The van der Waals surface area contributed by atoms with Crippen LogP contribution in [0.5, 0.6) is 0 Å². The first-order valence-corrected chi connectivity index (χ1v) is 14.7. The molecule has 0 saturated heterocycles. The number of carbonyl (C=O) groups is 2. The highest BCUT2D eigenvalue weighted by molar-refractivity contribution is 6.21. The number of nitrogens with zero attached hydrogens (tertiary/aromatic N) is 4. The average Bonchev–Trinajstić information content (AvgIpc) is 3.07. The minimum absolute atomic E-state index is 0.0199. The second kappa shape index (κ2) is 12.0. The van der Waals surface area contributed by atoms with Gasteiger partial charge in [-0.05, 0) is 68.1 Å². The highest BCUT2D eigenvalue weighted by Crippen LogP contribution is 2.43. The maximum Gasteiger partial charge on any atom is 0.318 e. The zero-order chi connectivity index (χ0) is 33.4. The number of hydrogen-bond acceptors (Lipinski definition) is 6. The summed E-state index contributed by atoms with van der Waals surface area (Å²) in [5.41, 5.74) is 15.0. The van der Waals surface area contributed by atoms with Crippen molar-refractivity contribution in [2.45, 2.75) is 0 Å². The molecule has 48 heavy (non-hydrogen) atoms. The van der Waals surface area contributed by atoms with Gasteiger partial charge in [0.05, 0.1) is 0 Å². The summed E-state index contributed by atoms with van der Waals surface area (Å²) in [7, 11) is 0. The number of fused-ring (bicyclic) bond motifs is 2. The summed E-state index contributed by atoms with van der Waals surface area (Å²) < 4.78 is 3.16. The first-order valence-electron chi connectivity index (χ1n) is 14.7. The molecule has 0 radical (unpaired) electrons. The van der Waals surface area contributed by atoms with Gasteiger partial charge in [-0.25, -0.2) is 9.59 Å². The highest BCUT2D eigenvalue weighted by Gasteiger charge is 2.17. The van der Waals surface area contributed by atoms with Crippen LogP contribution in [0.2, 0.25) is 0 Å². The summed E-state index contributed by atoms with van der Waals surface area (Å²) in [5.74, 6) is 0.0397. The van der Waals surface area contributed by atoms with Crippen LogP contribution in [0.15, 0.2) is 131 Å². The number of primary amides is 2. The van der Waals surface area contributed by atoms with Crippen LogP contribution < -0.4 is 33.2 Å². The molecular formula is C36H26N8O4. The smallest absolute Gasteiger partial charge is 0.318 e. The first kappa shape index (κ1) is 29.6.